The number of nitrogens with one attached hydrogen (secondary N) is 1. The smallest absolute Gasteiger partial charge is 0.0513 e. The van der Waals surface area contributed by atoms with Gasteiger partial charge in [-0.2, -0.15) is 0 Å². The van der Waals surface area contributed by atoms with Gasteiger partial charge in [0.05, 0.1) is 5.69 Å². The highest BCUT2D eigenvalue weighted by atomic mass is 79.9. The van der Waals surface area contributed by atoms with Gasteiger partial charge in [-0.05, 0) is 65.2 Å². The summed E-state index contributed by atoms with van der Waals surface area (Å²) in [5, 5.41) is 3.49. The van der Waals surface area contributed by atoms with Crippen molar-refractivity contribution in [1.82, 2.24) is 5.32 Å². The quantitative estimate of drug-likeness (QED) is 0.845. The second-order valence-electron chi connectivity index (χ2n) is 6.92. The van der Waals surface area contributed by atoms with Crippen molar-refractivity contribution >= 4 is 21.6 Å². The molecule has 3 heteroatoms. The summed E-state index contributed by atoms with van der Waals surface area (Å²) in [5.41, 5.74) is 2.76. The van der Waals surface area contributed by atoms with Crippen molar-refractivity contribution in [2.45, 2.75) is 64.6 Å². The van der Waals surface area contributed by atoms with Gasteiger partial charge in [-0.25, -0.2) is 0 Å². The van der Waals surface area contributed by atoms with Crippen molar-refractivity contribution in [1.29, 1.82) is 0 Å². The molecule has 2 aliphatic rings. The van der Waals surface area contributed by atoms with Crippen LogP contribution in [0.4, 0.5) is 5.69 Å². The Labute approximate surface area is 137 Å². The molecule has 21 heavy (non-hydrogen) atoms. The Hall–Kier alpha value is -0.540. The highest BCUT2D eigenvalue weighted by Crippen LogP contribution is 2.41. The van der Waals surface area contributed by atoms with Gasteiger partial charge in [-0.15, -0.1) is 0 Å². The van der Waals surface area contributed by atoms with E-state index in [-0.39, 0.29) is 0 Å². The summed E-state index contributed by atoms with van der Waals surface area (Å²) in [6, 6.07) is 8.22. The number of anilines is 1. The van der Waals surface area contributed by atoms with Crippen molar-refractivity contribution in [2.75, 3.05) is 11.4 Å². The molecule has 2 atom stereocenters. The number of nitrogens with zero attached hydrogens (tertiary/aromatic N) is 1. The molecule has 0 bridgehead atoms. The van der Waals surface area contributed by atoms with E-state index in [1.165, 1.54) is 54.4 Å². The summed E-state index contributed by atoms with van der Waals surface area (Å²) < 4.78 is 1.26. The molecule has 2 fully saturated rings. The molecule has 0 amide bonds. The van der Waals surface area contributed by atoms with E-state index in [4.69, 9.17) is 0 Å². The second-order valence-corrected chi connectivity index (χ2v) is 7.77. The predicted octanol–water partition coefficient (Wildman–Crippen LogP) is 4.72. The molecule has 2 nitrogen and oxygen atoms in total. The molecule has 3 rings (SSSR count). The molecular weight excluding hydrogens is 324 g/mol. The lowest BCUT2D eigenvalue weighted by atomic mass is 9.91. The van der Waals surface area contributed by atoms with Crippen LogP contribution in [0.1, 0.15) is 51.5 Å². The molecule has 1 aliphatic heterocycles. The van der Waals surface area contributed by atoms with Crippen LogP contribution in [-0.4, -0.2) is 18.6 Å². The highest BCUT2D eigenvalue weighted by molar-refractivity contribution is 9.10. The van der Waals surface area contributed by atoms with Crippen molar-refractivity contribution in [3.63, 3.8) is 0 Å². The van der Waals surface area contributed by atoms with Crippen LogP contribution in [0.3, 0.4) is 0 Å². The Morgan fingerprint density at radius 1 is 1.24 bits per heavy atom. The van der Waals surface area contributed by atoms with Gasteiger partial charge < -0.3 is 10.2 Å². The zero-order valence-corrected chi connectivity index (χ0v) is 14.8. The summed E-state index contributed by atoms with van der Waals surface area (Å²) in [4.78, 5) is 2.67. The third-order valence-corrected chi connectivity index (χ3v) is 5.66. The zero-order valence-electron chi connectivity index (χ0n) is 13.2. The second kappa shape index (κ2) is 6.70. The third kappa shape index (κ3) is 3.45. The van der Waals surface area contributed by atoms with Gasteiger partial charge >= 0.3 is 0 Å². The Balaban J connectivity index is 1.75. The van der Waals surface area contributed by atoms with E-state index in [1.54, 1.807) is 0 Å². The van der Waals surface area contributed by atoms with Gasteiger partial charge in [-0.3, -0.25) is 0 Å². The molecule has 0 spiro atoms. The van der Waals surface area contributed by atoms with Gasteiger partial charge in [0, 0.05) is 29.6 Å². The van der Waals surface area contributed by atoms with Crippen LogP contribution in [0.15, 0.2) is 22.7 Å². The number of benzene rings is 1. The van der Waals surface area contributed by atoms with Crippen molar-refractivity contribution in [3.05, 3.63) is 28.2 Å². The van der Waals surface area contributed by atoms with E-state index in [2.05, 4.69) is 58.2 Å². The van der Waals surface area contributed by atoms with E-state index in [1.807, 2.05) is 0 Å². The van der Waals surface area contributed by atoms with Crippen LogP contribution >= 0.6 is 15.9 Å². The summed E-state index contributed by atoms with van der Waals surface area (Å²) in [5.74, 6) is 0.938. The van der Waals surface area contributed by atoms with E-state index >= 15 is 0 Å². The number of hydrogen-bond donors (Lipinski definition) is 1. The highest BCUT2D eigenvalue weighted by Gasteiger charge is 2.35. The number of halogens is 1. The number of hydrogen-bond acceptors (Lipinski definition) is 2. The Kier molecular flexibility index (Phi) is 4.90. The molecule has 1 N–H and O–H groups in total. The summed E-state index contributed by atoms with van der Waals surface area (Å²) in [6.45, 7) is 6.56. The third-order valence-electron chi connectivity index (χ3n) is 5.03. The lowest BCUT2D eigenvalue weighted by Crippen LogP contribution is -2.42. The van der Waals surface area contributed by atoms with Gasteiger partial charge in [0.2, 0.25) is 0 Å². The Morgan fingerprint density at radius 3 is 2.81 bits per heavy atom. The van der Waals surface area contributed by atoms with E-state index in [0.717, 1.165) is 18.5 Å². The fraction of sp³-hybridized carbons (Fsp3) is 0.667. The van der Waals surface area contributed by atoms with Gasteiger partial charge in [-0.1, -0.05) is 26.3 Å². The first-order chi connectivity index (χ1) is 10.1. The molecule has 116 valence electrons. The van der Waals surface area contributed by atoms with Crippen molar-refractivity contribution in [2.24, 2.45) is 5.92 Å². The minimum absolute atomic E-state index is 0.532. The monoisotopic (exact) mass is 350 g/mol. The summed E-state index contributed by atoms with van der Waals surface area (Å²) >= 11 is 3.82. The molecule has 0 radical (unpaired) electrons. The molecule has 1 saturated heterocycles. The molecule has 1 aliphatic carbocycles. The van der Waals surface area contributed by atoms with Gasteiger partial charge in [0.25, 0.3) is 0 Å². The summed E-state index contributed by atoms with van der Waals surface area (Å²) in [6.07, 6.45) is 7.03. The minimum Gasteiger partial charge on any atom is -0.367 e. The largest absolute Gasteiger partial charge is 0.367 e. The van der Waals surface area contributed by atoms with E-state index in [0.29, 0.717) is 6.04 Å². The number of rotatable bonds is 4. The normalized spacial score (nSPS) is 25.4. The maximum absolute atomic E-state index is 3.82. The molecular formula is C18H27BrN2. The van der Waals surface area contributed by atoms with Crippen molar-refractivity contribution in [3.8, 4) is 0 Å². The first-order valence-corrected chi connectivity index (χ1v) is 9.23. The average molecular weight is 351 g/mol. The lowest BCUT2D eigenvalue weighted by molar-refractivity contribution is 0.362. The van der Waals surface area contributed by atoms with Crippen LogP contribution in [0.25, 0.3) is 0 Å². The SMILES string of the molecule is CC(C)NCc1ccc(N2CCCC3CCCC32)c(Br)c1. The van der Waals surface area contributed by atoms with Crippen LogP contribution in [0.2, 0.25) is 0 Å². The standard InChI is InChI=1S/C18H27BrN2/c1-13(2)20-12-14-8-9-18(16(19)11-14)21-10-4-6-15-5-3-7-17(15)21/h8-9,11,13,15,17,20H,3-7,10,12H2,1-2H3. The zero-order chi connectivity index (χ0) is 14.8. The molecule has 0 aromatic heterocycles. The fourth-order valence-corrected chi connectivity index (χ4v) is 4.62. The number of piperidine rings is 1. The maximum Gasteiger partial charge on any atom is 0.0513 e. The van der Waals surface area contributed by atoms with Crippen LogP contribution in [0, 0.1) is 5.92 Å². The molecule has 1 heterocycles. The molecule has 1 saturated carbocycles. The fourth-order valence-electron chi connectivity index (χ4n) is 3.97. The Morgan fingerprint density at radius 2 is 2.05 bits per heavy atom. The van der Waals surface area contributed by atoms with E-state index < -0.39 is 0 Å². The van der Waals surface area contributed by atoms with Gasteiger partial charge in [0.1, 0.15) is 0 Å². The maximum atomic E-state index is 3.82. The van der Waals surface area contributed by atoms with Crippen molar-refractivity contribution < 1.29 is 0 Å². The number of fused-ring (bicyclic) bond motifs is 1. The van der Waals surface area contributed by atoms with Crippen LogP contribution in [-0.2, 0) is 6.54 Å². The topological polar surface area (TPSA) is 15.3 Å². The molecule has 2 unspecified atom stereocenters. The molecule has 1 aromatic carbocycles. The first kappa shape index (κ1) is 15.4. The predicted molar refractivity (Wildman–Crippen MR) is 93.8 cm³/mol. The van der Waals surface area contributed by atoms with Gasteiger partial charge in [0.15, 0.2) is 0 Å². The van der Waals surface area contributed by atoms with Crippen LogP contribution in [0.5, 0.6) is 0 Å². The minimum atomic E-state index is 0.532. The lowest BCUT2D eigenvalue weighted by Gasteiger charge is -2.40. The first-order valence-electron chi connectivity index (χ1n) is 8.43. The van der Waals surface area contributed by atoms with Crippen LogP contribution < -0.4 is 10.2 Å². The molecule has 1 aromatic rings. The average Bonchev–Trinajstić information content (AvgIpc) is 2.94. The summed E-state index contributed by atoms with van der Waals surface area (Å²) in [7, 11) is 0. The van der Waals surface area contributed by atoms with E-state index in [9.17, 15) is 0 Å². The Bertz CT molecular complexity index is 486.